The van der Waals surface area contributed by atoms with Crippen LogP contribution in [0.25, 0.3) is 0 Å². The first-order chi connectivity index (χ1) is 8.35. The van der Waals surface area contributed by atoms with Crippen molar-refractivity contribution in [3.63, 3.8) is 0 Å². The highest BCUT2D eigenvalue weighted by atomic mass is 32.2. The molecule has 4 nitrogen and oxygen atoms in total. The van der Waals surface area contributed by atoms with Gasteiger partial charge in [-0.1, -0.05) is 0 Å². The SMILES string of the molecule is OCC1CCn2nc(CC3CCCS3)nc2C1. The van der Waals surface area contributed by atoms with Gasteiger partial charge in [0.2, 0.25) is 0 Å². The zero-order valence-electron chi connectivity index (χ0n) is 10.0. The molecule has 94 valence electrons. The van der Waals surface area contributed by atoms with Gasteiger partial charge >= 0.3 is 0 Å². The summed E-state index contributed by atoms with van der Waals surface area (Å²) >= 11 is 2.06. The lowest BCUT2D eigenvalue weighted by molar-refractivity contribution is 0.196. The smallest absolute Gasteiger partial charge is 0.152 e. The van der Waals surface area contributed by atoms with E-state index in [-0.39, 0.29) is 6.61 Å². The molecule has 0 bridgehead atoms. The quantitative estimate of drug-likeness (QED) is 0.881. The molecule has 2 atom stereocenters. The maximum absolute atomic E-state index is 9.19. The molecule has 1 aromatic heterocycles. The van der Waals surface area contributed by atoms with E-state index in [9.17, 15) is 5.11 Å². The van der Waals surface area contributed by atoms with Gasteiger partial charge in [0.25, 0.3) is 0 Å². The molecule has 0 aliphatic carbocycles. The van der Waals surface area contributed by atoms with Gasteiger partial charge in [-0.2, -0.15) is 16.9 Å². The van der Waals surface area contributed by atoms with Gasteiger partial charge in [0, 0.05) is 31.2 Å². The number of aryl methyl sites for hydroxylation is 1. The number of nitrogens with zero attached hydrogens (tertiary/aromatic N) is 3. The Morgan fingerprint density at radius 1 is 1.41 bits per heavy atom. The predicted octanol–water partition coefficient (Wildman–Crippen LogP) is 1.27. The summed E-state index contributed by atoms with van der Waals surface area (Å²) in [7, 11) is 0. The Morgan fingerprint density at radius 2 is 2.35 bits per heavy atom. The zero-order chi connectivity index (χ0) is 11.7. The van der Waals surface area contributed by atoms with Crippen LogP contribution in [0.4, 0.5) is 0 Å². The minimum atomic E-state index is 0.278. The van der Waals surface area contributed by atoms with Crippen molar-refractivity contribution in [1.82, 2.24) is 14.8 Å². The molecule has 2 aliphatic rings. The average molecular weight is 253 g/mol. The summed E-state index contributed by atoms with van der Waals surface area (Å²) in [6.45, 7) is 1.20. The van der Waals surface area contributed by atoms with Gasteiger partial charge in [-0.3, -0.25) is 0 Å². The van der Waals surface area contributed by atoms with E-state index in [0.717, 1.165) is 42.7 Å². The third kappa shape index (κ3) is 2.50. The third-order valence-electron chi connectivity index (χ3n) is 3.71. The molecule has 1 fully saturated rings. The fourth-order valence-electron chi connectivity index (χ4n) is 2.67. The summed E-state index contributed by atoms with van der Waals surface area (Å²) in [5.41, 5.74) is 0. The van der Waals surface area contributed by atoms with Crippen LogP contribution in [0.5, 0.6) is 0 Å². The Morgan fingerprint density at radius 3 is 3.12 bits per heavy atom. The number of rotatable bonds is 3. The lowest BCUT2D eigenvalue weighted by Gasteiger charge is -2.19. The zero-order valence-corrected chi connectivity index (χ0v) is 10.8. The highest BCUT2D eigenvalue weighted by molar-refractivity contribution is 8.00. The minimum Gasteiger partial charge on any atom is -0.396 e. The van der Waals surface area contributed by atoms with E-state index in [2.05, 4.69) is 21.8 Å². The normalized spacial score (nSPS) is 28.3. The van der Waals surface area contributed by atoms with E-state index in [1.165, 1.54) is 18.6 Å². The van der Waals surface area contributed by atoms with E-state index < -0.39 is 0 Å². The molecular formula is C12H19N3OS. The predicted molar refractivity (Wildman–Crippen MR) is 68.1 cm³/mol. The summed E-state index contributed by atoms with van der Waals surface area (Å²) in [6.07, 6.45) is 5.60. The molecule has 0 saturated carbocycles. The van der Waals surface area contributed by atoms with E-state index in [1.807, 2.05) is 4.68 Å². The average Bonchev–Trinajstić information content (AvgIpc) is 2.96. The van der Waals surface area contributed by atoms with Crippen molar-refractivity contribution >= 4 is 11.8 Å². The van der Waals surface area contributed by atoms with Crippen LogP contribution in [-0.2, 0) is 19.4 Å². The van der Waals surface area contributed by atoms with Gasteiger partial charge in [0.15, 0.2) is 5.82 Å². The fourth-order valence-corrected chi connectivity index (χ4v) is 3.94. The van der Waals surface area contributed by atoms with Crippen LogP contribution in [-0.4, -0.2) is 37.5 Å². The van der Waals surface area contributed by atoms with Gasteiger partial charge in [-0.25, -0.2) is 9.67 Å². The van der Waals surface area contributed by atoms with Gasteiger partial charge in [-0.05, 0) is 30.9 Å². The molecular weight excluding hydrogens is 234 g/mol. The van der Waals surface area contributed by atoms with Crippen molar-refractivity contribution in [2.45, 2.75) is 43.9 Å². The van der Waals surface area contributed by atoms with Crippen molar-refractivity contribution in [2.75, 3.05) is 12.4 Å². The molecule has 3 rings (SSSR count). The fraction of sp³-hybridized carbons (Fsp3) is 0.833. The summed E-state index contributed by atoms with van der Waals surface area (Å²) in [5.74, 6) is 3.77. The molecule has 1 saturated heterocycles. The molecule has 0 radical (unpaired) electrons. The van der Waals surface area contributed by atoms with Crippen molar-refractivity contribution in [3.8, 4) is 0 Å². The third-order valence-corrected chi connectivity index (χ3v) is 5.10. The number of thioether (sulfide) groups is 1. The Bertz CT molecular complexity index is 387. The molecule has 2 unspecified atom stereocenters. The van der Waals surface area contributed by atoms with E-state index in [1.54, 1.807) is 0 Å². The molecule has 1 N–H and O–H groups in total. The number of hydrogen-bond donors (Lipinski definition) is 1. The Hall–Kier alpha value is -0.550. The minimum absolute atomic E-state index is 0.278. The monoisotopic (exact) mass is 253 g/mol. The van der Waals surface area contributed by atoms with Crippen LogP contribution in [0.3, 0.4) is 0 Å². The molecule has 0 spiro atoms. The Balaban J connectivity index is 1.69. The Kier molecular flexibility index (Phi) is 3.38. The van der Waals surface area contributed by atoms with Gasteiger partial charge < -0.3 is 5.11 Å². The van der Waals surface area contributed by atoms with E-state index in [4.69, 9.17) is 0 Å². The van der Waals surface area contributed by atoms with Gasteiger partial charge in [0.1, 0.15) is 5.82 Å². The van der Waals surface area contributed by atoms with Crippen molar-refractivity contribution < 1.29 is 5.11 Å². The first-order valence-electron chi connectivity index (χ1n) is 6.50. The second-order valence-electron chi connectivity index (χ2n) is 5.05. The molecule has 0 amide bonds. The first kappa shape index (κ1) is 11.5. The highest BCUT2D eigenvalue weighted by Gasteiger charge is 2.23. The van der Waals surface area contributed by atoms with Crippen molar-refractivity contribution in [1.29, 1.82) is 0 Å². The second-order valence-corrected chi connectivity index (χ2v) is 6.46. The number of fused-ring (bicyclic) bond motifs is 1. The summed E-state index contributed by atoms with van der Waals surface area (Å²) < 4.78 is 2.04. The van der Waals surface area contributed by atoms with Crippen LogP contribution in [0.2, 0.25) is 0 Å². The van der Waals surface area contributed by atoms with E-state index in [0.29, 0.717) is 5.92 Å². The van der Waals surface area contributed by atoms with Crippen LogP contribution in [0, 0.1) is 5.92 Å². The lowest BCUT2D eigenvalue weighted by atomic mass is 9.99. The molecule has 3 heterocycles. The van der Waals surface area contributed by atoms with Crippen molar-refractivity contribution in [2.24, 2.45) is 5.92 Å². The van der Waals surface area contributed by atoms with Crippen LogP contribution < -0.4 is 0 Å². The summed E-state index contributed by atoms with van der Waals surface area (Å²) in [6, 6.07) is 0. The molecule has 0 aromatic carbocycles. The number of aliphatic hydroxyl groups excluding tert-OH is 1. The second kappa shape index (κ2) is 4.98. The van der Waals surface area contributed by atoms with E-state index >= 15 is 0 Å². The number of aliphatic hydroxyl groups is 1. The first-order valence-corrected chi connectivity index (χ1v) is 7.55. The molecule has 2 aliphatic heterocycles. The summed E-state index contributed by atoms with van der Waals surface area (Å²) in [4.78, 5) is 4.64. The van der Waals surface area contributed by atoms with Crippen LogP contribution in [0.15, 0.2) is 0 Å². The maximum Gasteiger partial charge on any atom is 0.152 e. The summed E-state index contributed by atoms with van der Waals surface area (Å²) in [5, 5.41) is 14.5. The maximum atomic E-state index is 9.19. The number of hydrogen-bond acceptors (Lipinski definition) is 4. The van der Waals surface area contributed by atoms with Gasteiger partial charge in [0.05, 0.1) is 0 Å². The standard InChI is InChI=1S/C12H19N3OS/c16-8-9-3-4-15-12(6-9)13-11(14-15)7-10-2-1-5-17-10/h9-10,16H,1-8H2. The molecule has 1 aromatic rings. The van der Waals surface area contributed by atoms with Crippen LogP contribution in [0.1, 0.15) is 30.9 Å². The highest BCUT2D eigenvalue weighted by Crippen LogP contribution is 2.28. The molecule has 17 heavy (non-hydrogen) atoms. The Labute approximate surface area is 106 Å². The largest absolute Gasteiger partial charge is 0.396 e. The van der Waals surface area contributed by atoms with Crippen LogP contribution >= 0.6 is 11.8 Å². The van der Waals surface area contributed by atoms with Gasteiger partial charge in [-0.15, -0.1) is 0 Å². The lowest BCUT2D eigenvalue weighted by Crippen LogP contribution is -2.22. The number of aromatic nitrogens is 3. The molecule has 5 heteroatoms. The topological polar surface area (TPSA) is 50.9 Å². The van der Waals surface area contributed by atoms with Crippen molar-refractivity contribution in [3.05, 3.63) is 11.6 Å².